The zero-order chi connectivity index (χ0) is 13.8. The lowest BCUT2D eigenvalue weighted by atomic mass is 9.97. The molecule has 3 heteroatoms. The number of benzene rings is 1. The molecule has 1 aromatic rings. The van der Waals surface area contributed by atoms with Crippen LogP contribution in [0, 0.1) is 0 Å². The second-order valence-corrected chi connectivity index (χ2v) is 7.20. The Morgan fingerprint density at radius 2 is 1.95 bits per heavy atom. The molecule has 0 radical (unpaired) electrons. The van der Waals surface area contributed by atoms with Gasteiger partial charge in [0.2, 0.25) is 0 Å². The maximum absolute atomic E-state index is 3.76. The highest BCUT2D eigenvalue weighted by Gasteiger charge is 2.32. The third kappa shape index (κ3) is 3.21. The molecule has 2 fully saturated rings. The fourth-order valence-electron chi connectivity index (χ4n) is 3.57. The predicted octanol–water partition coefficient (Wildman–Crippen LogP) is 3.31. The number of hydrogen-bond donors (Lipinski definition) is 1. The third-order valence-electron chi connectivity index (χ3n) is 4.80. The fourth-order valence-corrected chi connectivity index (χ4v) is 4.65. The molecule has 0 spiro atoms. The van der Waals surface area contributed by atoms with Crippen LogP contribution in [0.1, 0.15) is 37.8 Å². The van der Waals surface area contributed by atoms with Crippen LogP contribution in [0.3, 0.4) is 0 Å². The second-order valence-electron chi connectivity index (χ2n) is 5.97. The van der Waals surface area contributed by atoms with Crippen LogP contribution < -0.4 is 5.32 Å². The molecule has 0 amide bonds. The van der Waals surface area contributed by atoms with Crippen LogP contribution in [0.4, 0.5) is 0 Å². The SMILES string of the molecule is CCC1CNC(c2ccccc2)CN1C1CCSCC1. The van der Waals surface area contributed by atoms with Crippen LogP contribution in [-0.4, -0.2) is 41.6 Å². The van der Waals surface area contributed by atoms with E-state index in [1.807, 2.05) is 0 Å². The van der Waals surface area contributed by atoms with Crippen LogP contribution in [0.25, 0.3) is 0 Å². The summed E-state index contributed by atoms with van der Waals surface area (Å²) in [5.74, 6) is 2.70. The van der Waals surface area contributed by atoms with E-state index in [0.717, 1.165) is 18.6 Å². The maximum atomic E-state index is 3.76. The molecular formula is C17H26N2S. The van der Waals surface area contributed by atoms with Gasteiger partial charge in [0.05, 0.1) is 0 Å². The highest BCUT2D eigenvalue weighted by atomic mass is 32.2. The third-order valence-corrected chi connectivity index (χ3v) is 5.84. The van der Waals surface area contributed by atoms with Crippen molar-refractivity contribution < 1.29 is 0 Å². The second kappa shape index (κ2) is 6.97. The summed E-state index contributed by atoms with van der Waals surface area (Å²) in [6.07, 6.45) is 4.02. The van der Waals surface area contributed by atoms with Gasteiger partial charge in [0.1, 0.15) is 0 Å². The first-order chi connectivity index (χ1) is 9.88. The zero-order valence-corrected chi connectivity index (χ0v) is 13.2. The molecular weight excluding hydrogens is 264 g/mol. The minimum Gasteiger partial charge on any atom is -0.307 e. The van der Waals surface area contributed by atoms with E-state index >= 15 is 0 Å². The quantitative estimate of drug-likeness (QED) is 0.919. The Balaban J connectivity index is 1.72. The van der Waals surface area contributed by atoms with Gasteiger partial charge in [0.15, 0.2) is 0 Å². The predicted molar refractivity (Wildman–Crippen MR) is 88.3 cm³/mol. The van der Waals surface area contributed by atoms with Crippen molar-refractivity contribution in [1.29, 1.82) is 0 Å². The Hall–Kier alpha value is -0.510. The fraction of sp³-hybridized carbons (Fsp3) is 0.647. The van der Waals surface area contributed by atoms with Gasteiger partial charge in [-0.3, -0.25) is 4.90 Å². The molecule has 2 nitrogen and oxygen atoms in total. The van der Waals surface area contributed by atoms with Crippen molar-refractivity contribution in [2.75, 3.05) is 24.6 Å². The van der Waals surface area contributed by atoms with Crippen LogP contribution in [0.5, 0.6) is 0 Å². The minimum atomic E-state index is 0.508. The van der Waals surface area contributed by atoms with E-state index in [4.69, 9.17) is 0 Å². The molecule has 3 rings (SSSR count). The van der Waals surface area contributed by atoms with Crippen molar-refractivity contribution in [3.63, 3.8) is 0 Å². The summed E-state index contributed by atoms with van der Waals surface area (Å²) >= 11 is 2.13. The van der Waals surface area contributed by atoms with Crippen LogP contribution in [0.15, 0.2) is 30.3 Å². The van der Waals surface area contributed by atoms with Crippen molar-refractivity contribution in [1.82, 2.24) is 10.2 Å². The summed E-state index contributed by atoms with van der Waals surface area (Å²) in [7, 11) is 0. The minimum absolute atomic E-state index is 0.508. The number of nitrogens with zero attached hydrogens (tertiary/aromatic N) is 1. The molecule has 0 bridgehead atoms. The first-order valence-corrected chi connectivity index (χ1v) is 9.15. The molecule has 2 saturated heterocycles. The standard InChI is InChI=1S/C17H26N2S/c1-2-15-12-18-17(14-6-4-3-5-7-14)13-19(15)16-8-10-20-11-9-16/h3-7,15-18H,2,8-13H2,1H3. The number of hydrogen-bond acceptors (Lipinski definition) is 3. The topological polar surface area (TPSA) is 15.3 Å². The molecule has 2 atom stereocenters. The van der Waals surface area contributed by atoms with Crippen molar-refractivity contribution in [2.45, 2.75) is 44.3 Å². The van der Waals surface area contributed by atoms with Crippen molar-refractivity contribution in [3.8, 4) is 0 Å². The van der Waals surface area contributed by atoms with E-state index < -0.39 is 0 Å². The average molecular weight is 290 g/mol. The summed E-state index contributed by atoms with van der Waals surface area (Å²) in [6.45, 7) is 4.65. The van der Waals surface area contributed by atoms with E-state index in [-0.39, 0.29) is 0 Å². The molecule has 20 heavy (non-hydrogen) atoms. The first-order valence-electron chi connectivity index (χ1n) is 8.00. The molecule has 2 heterocycles. The van der Waals surface area contributed by atoms with Gasteiger partial charge in [-0.05, 0) is 36.3 Å². The Morgan fingerprint density at radius 1 is 1.20 bits per heavy atom. The molecule has 1 N–H and O–H groups in total. The molecule has 2 aliphatic rings. The monoisotopic (exact) mass is 290 g/mol. The Labute approximate surface area is 127 Å². The van der Waals surface area contributed by atoms with Crippen molar-refractivity contribution in [2.24, 2.45) is 0 Å². The number of thioether (sulfide) groups is 1. The average Bonchev–Trinajstić information content (AvgIpc) is 2.56. The van der Waals surface area contributed by atoms with Crippen LogP contribution in [-0.2, 0) is 0 Å². The normalized spacial score (nSPS) is 29.4. The largest absolute Gasteiger partial charge is 0.307 e. The van der Waals surface area contributed by atoms with Crippen LogP contribution in [0.2, 0.25) is 0 Å². The summed E-state index contributed by atoms with van der Waals surface area (Å²) in [6, 6.07) is 13.0. The van der Waals surface area contributed by atoms with E-state index in [1.165, 1.54) is 42.9 Å². The number of nitrogens with one attached hydrogen (secondary N) is 1. The van der Waals surface area contributed by atoms with Crippen LogP contribution >= 0.6 is 11.8 Å². The van der Waals surface area contributed by atoms with E-state index in [2.05, 4.69) is 59.2 Å². The number of piperazine rings is 1. The molecule has 2 aliphatic heterocycles. The van der Waals surface area contributed by atoms with E-state index in [9.17, 15) is 0 Å². The lowest BCUT2D eigenvalue weighted by Crippen LogP contribution is -2.56. The Kier molecular flexibility index (Phi) is 5.03. The lowest BCUT2D eigenvalue weighted by molar-refractivity contribution is 0.0738. The zero-order valence-electron chi connectivity index (χ0n) is 12.4. The lowest BCUT2D eigenvalue weighted by Gasteiger charge is -2.45. The first kappa shape index (κ1) is 14.4. The summed E-state index contributed by atoms with van der Waals surface area (Å²) < 4.78 is 0. The van der Waals surface area contributed by atoms with Gasteiger partial charge < -0.3 is 5.32 Å². The smallest absolute Gasteiger partial charge is 0.0450 e. The maximum Gasteiger partial charge on any atom is 0.0450 e. The van der Waals surface area contributed by atoms with Gasteiger partial charge in [0, 0.05) is 31.2 Å². The van der Waals surface area contributed by atoms with Gasteiger partial charge in [-0.15, -0.1) is 0 Å². The highest BCUT2D eigenvalue weighted by molar-refractivity contribution is 7.99. The molecule has 0 saturated carbocycles. The molecule has 0 aliphatic carbocycles. The molecule has 1 aromatic carbocycles. The summed E-state index contributed by atoms with van der Waals surface area (Å²) in [5.41, 5.74) is 1.44. The van der Waals surface area contributed by atoms with Crippen molar-refractivity contribution in [3.05, 3.63) is 35.9 Å². The highest BCUT2D eigenvalue weighted by Crippen LogP contribution is 2.29. The van der Waals surface area contributed by atoms with E-state index in [0.29, 0.717) is 6.04 Å². The van der Waals surface area contributed by atoms with Gasteiger partial charge in [0.25, 0.3) is 0 Å². The Morgan fingerprint density at radius 3 is 2.65 bits per heavy atom. The van der Waals surface area contributed by atoms with Gasteiger partial charge >= 0.3 is 0 Å². The summed E-state index contributed by atoms with van der Waals surface area (Å²) in [5, 5.41) is 3.76. The summed E-state index contributed by atoms with van der Waals surface area (Å²) in [4.78, 5) is 2.81. The Bertz CT molecular complexity index is 403. The van der Waals surface area contributed by atoms with Crippen molar-refractivity contribution >= 4 is 11.8 Å². The van der Waals surface area contributed by atoms with Gasteiger partial charge in [-0.1, -0.05) is 37.3 Å². The van der Waals surface area contributed by atoms with Gasteiger partial charge in [-0.2, -0.15) is 11.8 Å². The molecule has 110 valence electrons. The molecule has 0 aromatic heterocycles. The molecule has 2 unspecified atom stereocenters. The van der Waals surface area contributed by atoms with Gasteiger partial charge in [-0.25, -0.2) is 0 Å². The number of rotatable bonds is 3. The van der Waals surface area contributed by atoms with E-state index in [1.54, 1.807) is 0 Å².